The number of piperazine rings is 1. The summed E-state index contributed by atoms with van der Waals surface area (Å²) in [5.41, 5.74) is 1.39. The monoisotopic (exact) mass is 339 g/mol. The largest absolute Gasteiger partial charge is 0.357 e. The van der Waals surface area contributed by atoms with Crippen molar-refractivity contribution in [3.63, 3.8) is 0 Å². The molecule has 0 atom stereocenters. The van der Waals surface area contributed by atoms with Crippen molar-refractivity contribution in [3.05, 3.63) is 47.8 Å². The van der Waals surface area contributed by atoms with E-state index in [9.17, 15) is 0 Å². The molecule has 0 spiro atoms. The first-order valence-corrected chi connectivity index (χ1v) is 9.31. The van der Waals surface area contributed by atoms with Crippen LogP contribution in [0.2, 0.25) is 0 Å². The van der Waals surface area contributed by atoms with Crippen LogP contribution in [0.3, 0.4) is 0 Å². The summed E-state index contributed by atoms with van der Waals surface area (Å²) in [5.74, 6) is 2.96. The number of aromatic nitrogens is 2. The Morgan fingerprint density at radius 3 is 2.28 bits per heavy atom. The number of hydrogen-bond acceptors (Lipinski definition) is 5. The third-order valence-corrected chi connectivity index (χ3v) is 4.84. The third kappa shape index (κ3) is 4.48. The molecule has 0 saturated carbocycles. The van der Waals surface area contributed by atoms with E-state index in [2.05, 4.69) is 74.9 Å². The minimum absolute atomic E-state index is 0.853. The maximum atomic E-state index is 4.69. The van der Waals surface area contributed by atoms with Gasteiger partial charge in [0.15, 0.2) is 0 Å². The fourth-order valence-electron chi connectivity index (χ4n) is 3.38. The second-order valence-electron chi connectivity index (χ2n) is 6.55. The van der Waals surface area contributed by atoms with Gasteiger partial charge in [-0.25, -0.2) is 9.97 Å². The molecule has 134 valence electrons. The van der Waals surface area contributed by atoms with E-state index in [0.717, 1.165) is 63.3 Å². The molecule has 1 aliphatic rings. The van der Waals surface area contributed by atoms with Gasteiger partial charge in [0.25, 0.3) is 0 Å². The van der Waals surface area contributed by atoms with E-state index in [0.29, 0.717) is 0 Å². The van der Waals surface area contributed by atoms with E-state index < -0.39 is 0 Å². The van der Waals surface area contributed by atoms with Gasteiger partial charge in [0.05, 0.1) is 0 Å². The van der Waals surface area contributed by atoms with Crippen molar-refractivity contribution in [2.24, 2.45) is 0 Å². The van der Waals surface area contributed by atoms with Crippen molar-refractivity contribution in [2.75, 3.05) is 49.1 Å². The maximum Gasteiger partial charge on any atom is 0.134 e. The van der Waals surface area contributed by atoms with Gasteiger partial charge in [-0.2, -0.15) is 0 Å². The Hall–Kier alpha value is -2.14. The summed E-state index contributed by atoms with van der Waals surface area (Å²) in [6.07, 6.45) is 0. The Morgan fingerprint density at radius 1 is 0.960 bits per heavy atom. The van der Waals surface area contributed by atoms with Gasteiger partial charge in [0, 0.05) is 51.9 Å². The molecule has 2 aromatic rings. The molecule has 2 heterocycles. The van der Waals surface area contributed by atoms with Gasteiger partial charge in [0.1, 0.15) is 17.5 Å². The molecule has 0 N–H and O–H groups in total. The Bertz CT molecular complexity index is 661. The summed E-state index contributed by atoms with van der Waals surface area (Å²) in [7, 11) is 0. The molecular weight excluding hydrogens is 310 g/mol. The number of hydrogen-bond donors (Lipinski definition) is 0. The predicted octanol–water partition coefficient (Wildman–Crippen LogP) is 2.95. The van der Waals surface area contributed by atoms with Gasteiger partial charge in [-0.05, 0) is 26.3 Å². The maximum absolute atomic E-state index is 4.69. The van der Waals surface area contributed by atoms with Crippen LogP contribution in [0.5, 0.6) is 0 Å². The van der Waals surface area contributed by atoms with Crippen molar-refractivity contribution < 1.29 is 0 Å². The average molecular weight is 339 g/mol. The number of rotatable bonds is 6. The summed E-state index contributed by atoms with van der Waals surface area (Å²) in [6.45, 7) is 13.5. The van der Waals surface area contributed by atoms with Crippen molar-refractivity contribution in [1.82, 2.24) is 14.9 Å². The van der Waals surface area contributed by atoms with Gasteiger partial charge < -0.3 is 9.80 Å². The minimum Gasteiger partial charge on any atom is -0.357 e. The molecule has 25 heavy (non-hydrogen) atoms. The Morgan fingerprint density at radius 2 is 1.64 bits per heavy atom. The van der Waals surface area contributed by atoms with Crippen LogP contribution in [0, 0.1) is 6.92 Å². The van der Waals surface area contributed by atoms with Crippen LogP contribution in [-0.2, 0) is 6.54 Å². The molecule has 5 nitrogen and oxygen atoms in total. The molecule has 5 heteroatoms. The van der Waals surface area contributed by atoms with Crippen molar-refractivity contribution in [3.8, 4) is 0 Å². The van der Waals surface area contributed by atoms with Crippen LogP contribution >= 0.6 is 0 Å². The Kier molecular flexibility index (Phi) is 5.87. The van der Waals surface area contributed by atoms with E-state index in [1.54, 1.807) is 0 Å². The first-order valence-electron chi connectivity index (χ1n) is 9.31. The molecule has 0 radical (unpaired) electrons. The molecule has 1 saturated heterocycles. The molecular formula is C20H29N5. The van der Waals surface area contributed by atoms with Crippen LogP contribution in [0.15, 0.2) is 36.4 Å². The highest BCUT2D eigenvalue weighted by molar-refractivity contribution is 5.51. The first-order chi connectivity index (χ1) is 12.2. The Labute approximate surface area is 151 Å². The van der Waals surface area contributed by atoms with E-state index in [1.807, 2.05) is 6.92 Å². The quantitative estimate of drug-likeness (QED) is 0.808. The van der Waals surface area contributed by atoms with Crippen molar-refractivity contribution in [2.45, 2.75) is 27.3 Å². The third-order valence-electron chi connectivity index (χ3n) is 4.84. The second kappa shape index (κ2) is 8.30. The summed E-state index contributed by atoms with van der Waals surface area (Å²) < 4.78 is 0. The van der Waals surface area contributed by atoms with Crippen molar-refractivity contribution in [1.29, 1.82) is 0 Å². The topological polar surface area (TPSA) is 35.5 Å². The zero-order valence-corrected chi connectivity index (χ0v) is 15.6. The lowest BCUT2D eigenvalue weighted by Crippen LogP contribution is -2.46. The van der Waals surface area contributed by atoms with E-state index in [1.165, 1.54) is 5.56 Å². The first kappa shape index (κ1) is 17.7. The lowest BCUT2D eigenvalue weighted by atomic mass is 10.2. The van der Waals surface area contributed by atoms with Gasteiger partial charge in [0.2, 0.25) is 0 Å². The molecule has 1 fully saturated rings. The number of aryl methyl sites for hydroxylation is 1. The lowest BCUT2D eigenvalue weighted by Gasteiger charge is -2.36. The zero-order chi connectivity index (χ0) is 17.6. The van der Waals surface area contributed by atoms with Crippen LogP contribution in [0.4, 0.5) is 11.6 Å². The summed E-state index contributed by atoms with van der Waals surface area (Å²) in [5, 5.41) is 0. The molecule has 3 rings (SSSR count). The molecule has 0 aliphatic carbocycles. The van der Waals surface area contributed by atoms with Crippen LogP contribution in [-0.4, -0.2) is 54.1 Å². The molecule has 1 aromatic heterocycles. The van der Waals surface area contributed by atoms with E-state index in [4.69, 9.17) is 0 Å². The highest BCUT2D eigenvalue weighted by atomic mass is 15.3. The molecule has 1 aromatic carbocycles. The fraction of sp³-hybridized carbons (Fsp3) is 0.500. The highest BCUT2D eigenvalue weighted by Crippen LogP contribution is 2.21. The summed E-state index contributed by atoms with van der Waals surface area (Å²) >= 11 is 0. The smallest absolute Gasteiger partial charge is 0.134 e. The van der Waals surface area contributed by atoms with Gasteiger partial charge in [-0.15, -0.1) is 0 Å². The zero-order valence-electron chi connectivity index (χ0n) is 15.6. The van der Waals surface area contributed by atoms with Gasteiger partial charge in [-0.1, -0.05) is 30.3 Å². The summed E-state index contributed by atoms with van der Waals surface area (Å²) in [6, 6.07) is 12.9. The second-order valence-corrected chi connectivity index (χ2v) is 6.55. The normalized spacial score (nSPS) is 15.4. The van der Waals surface area contributed by atoms with Crippen molar-refractivity contribution >= 4 is 11.6 Å². The number of nitrogens with zero attached hydrogens (tertiary/aromatic N) is 5. The highest BCUT2D eigenvalue weighted by Gasteiger charge is 2.19. The standard InChI is InChI=1S/C20H29N5/c1-4-24(5-2)19-15-20(22-17(3)21-19)25-13-11-23(12-14-25)16-18-9-7-6-8-10-18/h6-10,15H,4-5,11-14,16H2,1-3H3. The van der Waals surface area contributed by atoms with Crippen LogP contribution < -0.4 is 9.80 Å². The summed E-state index contributed by atoms with van der Waals surface area (Å²) in [4.78, 5) is 16.5. The van der Waals surface area contributed by atoms with Gasteiger partial charge >= 0.3 is 0 Å². The molecule has 0 unspecified atom stereocenters. The Balaban J connectivity index is 1.64. The average Bonchev–Trinajstić information content (AvgIpc) is 2.64. The SMILES string of the molecule is CCN(CC)c1cc(N2CCN(Cc3ccccc3)CC2)nc(C)n1. The van der Waals surface area contributed by atoms with Crippen LogP contribution in [0.1, 0.15) is 25.2 Å². The van der Waals surface area contributed by atoms with E-state index >= 15 is 0 Å². The van der Waals surface area contributed by atoms with Gasteiger partial charge in [-0.3, -0.25) is 4.90 Å². The number of anilines is 2. The lowest BCUT2D eigenvalue weighted by molar-refractivity contribution is 0.249. The van der Waals surface area contributed by atoms with E-state index in [-0.39, 0.29) is 0 Å². The fourth-order valence-corrected chi connectivity index (χ4v) is 3.38. The molecule has 0 bridgehead atoms. The molecule has 0 amide bonds. The predicted molar refractivity (Wildman–Crippen MR) is 104 cm³/mol. The molecule has 1 aliphatic heterocycles. The number of benzene rings is 1. The minimum atomic E-state index is 0.853. The van der Waals surface area contributed by atoms with Crippen LogP contribution in [0.25, 0.3) is 0 Å².